The van der Waals surface area contributed by atoms with Gasteiger partial charge in [-0.2, -0.15) is 0 Å². The number of ether oxygens (including phenoxy) is 4. The predicted octanol–water partition coefficient (Wildman–Crippen LogP) is 11.9. The molecule has 0 bridgehead atoms. The molecule has 1 rings (SSSR count). The van der Waals surface area contributed by atoms with Crippen molar-refractivity contribution in [2.75, 3.05) is 13.2 Å². The summed E-state index contributed by atoms with van der Waals surface area (Å²) in [4.78, 5) is 37.0. The number of carbonyl (C=O) groups excluding carboxylic acids is 2. The molecule has 0 aromatic heterocycles. The Kier molecular flexibility index (Phi) is 39.0. The average Bonchev–Trinajstić information content (AvgIpc) is 3.27. The number of carbonyl (C=O) groups is 3. The van der Waals surface area contributed by atoms with E-state index in [1.807, 2.05) is 0 Å². The van der Waals surface area contributed by atoms with Crippen LogP contribution in [0.3, 0.4) is 0 Å². The number of carboxylic acids is 1. The topological polar surface area (TPSA) is 169 Å². The van der Waals surface area contributed by atoms with Crippen molar-refractivity contribution < 1.29 is 53.8 Å². The largest absolute Gasteiger partial charge is 0.479 e. The molecule has 0 amide bonds. The molecule has 4 N–H and O–H groups in total. The van der Waals surface area contributed by atoms with Crippen LogP contribution in [0.4, 0.5) is 0 Å². The molecular formula is C52H92O11. The van der Waals surface area contributed by atoms with Gasteiger partial charge in [-0.15, -0.1) is 0 Å². The fourth-order valence-corrected chi connectivity index (χ4v) is 7.67. The first kappa shape index (κ1) is 58.4. The molecule has 0 aromatic carbocycles. The Bertz CT molecular complexity index is 1190. The van der Waals surface area contributed by atoms with Crippen molar-refractivity contribution >= 4 is 17.9 Å². The second kappa shape index (κ2) is 42.1. The smallest absolute Gasteiger partial charge is 0.335 e. The lowest BCUT2D eigenvalue weighted by atomic mass is 9.99. The highest BCUT2D eigenvalue weighted by molar-refractivity contribution is 5.73. The molecule has 11 nitrogen and oxygen atoms in total. The summed E-state index contributed by atoms with van der Waals surface area (Å²) in [5.41, 5.74) is 0. The predicted molar refractivity (Wildman–Crippen MR) is 252 cm³/mol. The van der Waals surface area contributed by atoms with Gasteiger partial charge in [0.2, 0.25) is 0 Å². The van der Waals surface area contributed by atoms with Gasteiger partial charge in [0.1, 0.15) is 24.9 Å². The van der Waals surface area contributed by atoms with Crippen molar-refractivity contribution in [3.8, 4) is 0 Å². The van der Waals surface area contributed by atoms with Gasteiger partial charge in [-0.05, 0) is 70.6 Å². The lowest BCUT2D eigenvalue weighted by Gasteiger charge is -2.38. The zero-order valence-corrected chi connectivity index (χ0v) is 39.8. The summed E-state index contributed by atoms with van der Waals surface area (Å²) in [6.07, 6.45) is 40.5. The van der Waals surface area contributed by atoms with E-state index < -0.39 is 61.3 Å². The molecule has 63 heavy (non-hydrogen) atoms. The highest BCUT2D eigenvalue weighted by atomic mass is 16.7. The lowest BCUT2D eigenvalue weighted by Crippen LogP contribution is -2.60. The minimum atomic E-state index is -1.86. The molecule has 0 radical (unpaired) electrons. The van der Waals surface area contributed by atoms with Gasteiger partial charge in [-0.25, -0.2) is 4.79 Å². The van der Waals surface area contributed by atoms with Crippen LogP contribution >= 0.6 is 0 Å². The number of aliphatic carboxylic acids is 1. The van der Waals surface area contributed by atoms with Crippen LogP contribution in [-0.4, -0.2) is 88.4 Å². The maximum absolute atomic E-state index is 12.8. The van der Waals surface area contributed by atoms with Gasteiger partial charge in [-0.3, -0.25) is 9.59 Å². The highest BCUT2D eigenvalue weighted by Crippen LogP contribution is 2.23. The van der Waals surface area contributed by atoms with Gasteiger partial charge in [0.15, 0.2) is 18.5 Å². The van der Waals surface area contributed by atoms with Gasteiger partial charge in [-0.1, -0.05) is 179 Å². The van der Waals surface area contributed by atoms with Crippen molar-refractivity contribution in [1.82, 2.24) is 0 Å². The molecule has 1 aliphatic rings. The van der Waals surface area contributed by atoms with Crippen LogP contribution in [0.2, 0.25) is 0 Å². The zero-order valence-electron chi connectivity index (χ0n) is 39.8. The van der Waals surface area contributed by atoms with E-state index in [1.165, 1.54) is 116 Å². The number of rotatable bonds is 43. The third-order valence-electron chi connectivity index (χ3n) is 11.7. The van der Waals surface area contributed by atoms with Crippen LogP contribution in [0.1, 0.15) is 226 Å². The molecule has 6 atom stereocenters. The second-order valence-corrected chi connectivity index (χ2v) is 17.7. The number of aliphatic hydroxyl groups is 3. The Morgan fingerprint density at radius 3 is 1.33 bits per heavy atom. The number of carboxylic acid groups (broad SMARTS) is 1. The number of hydrogen-bond donors (Lipinski definition) is 4. The molecule has 1 saturated heterocycles. The van der Waals surface area contributed by atoms with E-state index in [4.69, 9.17) is 18.9 Å². The first-order chi connectivity index (χ1) is 30.7. The van der Waals surface area contributed by atoms with Crippen LogP contribution in [0, 0.1) is 0 Å². The van der Waals surface area contributed by atoms with E-state index in [0.717, 1.165) is 70.6 Å². The zero-order chi connectivity index (χ0) is 46.0. The summed E-state index contributed by atoms with van der Waals surface area (Å²) in [6, 6.07) is 0. The van der Waals surface area contributed by atoms with Crippen LogP contribution in [0.15, 0.2) is 36.5 Å². The van der Waals surface area contributed by atoms with Crippen LogP contribution < -0.4 is 0 Å². The van der Waals surface area contributed by atoms with Crippen molar-refractivity contribution in [3.63, 3.8) is 0 Å². The Morgan fingerprint density at radius 1 is 0.492 bits per heavy atom. The van der Waals surface area contributed by atoms with Gasteiger partial charge in [0.25, 0.3) is 0 Å². The summed E-state index contributed by atoms with van der Waals surface area (Å²) in [5, 5.41) is 39.9. The molecule has 0 spiro atoms. The third kappa shape index (κ3) is 33.6. The molecule has 1 aliphatic heterocycles. The van der Waals surface area contributed by atoms with Crippen molar-refractivity contribution in [2.24, 2.45) is 0 Å². The third-order valence-corrected chi connectivity index (χ3v) is 11.7. The number of unbranched alkanes of at least 4 members (excludes halogenated alkanes) is 26. The maximum Gasteiger partial charge on any atom is 0.335 e. The molecule has 0 saturated carbocycles. The van der Waals surface area contributed by atoms with E-state index in [9.17, 15) is 34.8 Å². The second-order valence-electron chi connectivity index (χ2n) is 17.7. The average molecular weight is 893 g/mol. The van der Waals surface area contributed by atoms with Crippen molar-refractivity contribution in [2.45, 2.75) is 263 Å². The minimum absolute atomic E-state index is 0.173. The van der Waals surface area contributed by atoms with Crippen molar-refractivity contribution in [3.05, 3.63) is 36.5 Å². The monoisotopic (exact) mass is 893 g/mol. The standard InChI is InChI=1S/C52H92O11/c1-3-5-7-9-11-13-15-17-19-21-22-23-24-25-27-28-30-32-34-36-38-40-45(53)60-42-44(43-61-52-49(57)47(55)48(56)50(63-52)51(58)59)62-46(54)41-39-37-35-33-31-29-26-20-18-16-14-12-10-8-6-4-2/h15,17,20-22,26,44,47-50,52,55-57H,3-14,16,18-19,23-25,27-43H2,1-2H3,(H,58,59)/b17-15-,22-21-,26-20-. The molecule has 1 heterocycles. The summed E-state index contributed by atoms with van der Waals surface area (Å²) in [6.45, 7) is 3.81. The van der Waals surface area contributed by atoms with Crippen LogP contribution in [-0.2, 0) is 33.3 Å². The van der Waals surface area contributed by atoms with E-state index in [0.29, 0.717) is 12.8 Å². The number of esters is 2. The first-order valence-corrected chi connectivity index (χ1v) is 25.5. The normalized spacial score (nSPS) is 19.7. The number of hydrogen-bond acceptors (Lipinski definition) is 10. The fraction of sp³-hybridized carbons (Fsp3) is 0.827. The summed E-state index contributed by atoms with van der Waals surface area (Å²) in [7, 11) is 0. The highest BCUT2D eigenvalue weighted by Gasteiger charge is 2.47. The molecule has 11 heteroatoms. The van der Waals surface area contributed by atoms with E-state index in [-0.39, 0.29) is 19.4 Å². The number of allylic oxidation sites excluding steroid dienone is 6. The summed E-state index contributed by atoms with van der Waals surface area (Å²) >= 11 is 0. The van der Waals surface area contributed by atoms with Gasteiger partial charge in [0.05, 0.1) is 6.61 Å². The molecular weight excluding hydrogens is 801 g/mol. The molecule has 1 fully saturated rings. The van der Waals surface area contributed by atoms with E-state index >= 15 is 0 Å². The quantitative estimate of drug-likeness (QED) is 0.0261. The molecule has 6 unspecified atom stereocenters. The molecule has 0 aliphatic carbocycles. The SMILES string of the molecule is CCCCCCC/C=C\C/C=C\CCCCCCCCCCCC(=O)OCC(COC1OC(C(=O)O)C(O)C(O)C1O)OC(=O)CCCCCCC/C=C\CCCCCCCCC. The Labute approximate surface area is 382 Å². The van der Waals surface area contributed by atoms with Crippen LogP contribution in [0.25, 0.3) is 0 Å². The molecule has 366 valence electrons. The maximum atomic E-state index is 12.8. The van der Waals surface area contributed by atoms with Crippen LogP contribution in [0.5, 0.6) is 0 Å². The Hall–Kier alpha value is -2.57. The van der Waals surface area contributed by atoms with Crippen molar-refractivity contribution in [1.29, 1.82) is 0 Å². The first-order valence-electron chi connectivity index (χ1n) is 25.5. The summed E-state index contributed by atoms with van der Waals surface area (Å²) < 4.78 is 21.8. The fourth-order valence-electron chi connectivity index (χ4n) is 7.67. The minimum Gasteiger partial charge on any atom is -0.479 e. The molecule has 0 aromatic rings. The van der Waals surface area contributed by atoms with E-state index in [2.05, 4.69) is 50.3 Å². The Balaban J connectivity index is 2.30. The lowest BCUT2D eigenvalue weighted by molar-refractivity contribution is -0.298. The Morgan fingerprint density at radius 2 is 0.889 bits per heavy atom. The van der Waals surface area contributed by atoms with E-state index in [1.54, 1.807) is 0 Å². The van der Waals surface area contributed by atoms with Gasteiger partial charge < -0.3 is 39.4 Å². The van der Waals surface area contributed by atoms with Gasteiger partial charge >= 0.3 is 17.9 Å². The van der Waals surface area contributed by atoms with Gasteiger partial charge in [0, 0.05) is 12.8 Å². The number of aliphatic hydroxyl groups excluding tert-OH is 3. The summed E-state index contributed by atoms with van der Waals surface area (Å²) in [5.74, 6) is -2.45.